The lowest BCUT2D eigenvalue weighted by molar-refractivity contribution is 0.579. The summed E-state index contributed by atoms with van der Waals surface area (Å²) in [5, 5.41) is 0.847. The van der Waals surface area contributed by atoms with Gasteiger partial charge in [-0.2, -0.15) is 0 Å². The van der Waals surface area contributed by atoms with Gasteiger partial charge in [0.05, 0.1) is 10.7 Å². The van der Waals surface area contributed by atoms with Crippen molar-refractivity contribution in [1.82, 2.24) is 9.71 Å². The van der Waals surface area contributed by atoms with E-state index in [1.165, 1.54) is 23.5 Å². The third-order valence-corrected chi connectivity index (χ3v) is 4.78. The molecule has 0 spiro atoms. The molecule has 0 unspecified atom stereocenters. The van der Waals surface area contributed by atoms with Crippen molar-refractivity contribution in [2.75, 3.05) is 5.73 Å². The number of nitrogens with one attached hydrogen (secondary N) is 1. The number of sulfonamides is 1. The van der Waals surface area contributed by atoms with Crippen LogP contribution in [-0.2, 0) is 16.6 Å². The highest BCUT2D eigenvalue weighted by atomic mass is 32.2. The third-order valence-electron chi connectivity index (χ3n) is 2.41. The number of anilines is 1. The molecule has 0 amide bonds. The number of aromatic nitrogens is 1. The molecule has 3 N–H and O–H groups in total. The quantitative estimate of drug-likeness (QED) is 0.841. The zero-order valence-electron chi connectivity index (χ0n) is 10.1. The van der Waals surface area contributed by atoms with Crippen LogP contribution in [0.3, 0.4) is 0 Å². The number of hydrogen-bond donors (Lipinski definition) is 2. The Labute approximate surface area is 114 Å². The smallest absolute Gasteiger partial charge is 0.243 e. The van der Waals surface area contributed by atoms with E-state index in [9.17, 15) is 12.8 Å². The van der Waals surface area contributed by atoms with E-state index < -0.39 is 15.8 Å². The molecule has 0 bridgehead atoms. The first-order valence-corrected chi connectivity index (χ1v) is 7.65. The lowest BCUT2D eigenvalue weighted by Crippen LogP contribution is -2.24. The van der Waals surface area contributed by atoms with E-state index in [0.29, 0.717) is 0 Å². The largest absolute Gasteiger partial charge is 0.395 e. The van der Waals surface area contributed by atoms with Gasteiger partial charge >= 0.3 is 0 Å². The second kappa shape index (κ2) is 5.24. The molecule has 2 aromatic rings. The normalized spacial score (nSPS) is 11.7. The van der Waals surface area contributed by atoms with Crippen LogP contribution in [0.1, 0.15) is 9.88 Å². The number of rotatable bonds is 4. The Balaban J connectivity index is 2.21. The highest BCUT2D eigenvalue weighted by Crippen LogP contribution is 2.21. The van der Waals surface area contributed by atoms with Gasteiger partial charge in [-0.25, -0.2) is 22.5 Å². The molecule has 2 rings (SSSR count). The van der Waals surface area contributed by atoms with Gasteiger partial charge in [0.25, 0.3) is 0 Å². The minimum atomic E-state index is -3.84. The molecule has 1 aromatic carbocycles. The molecule has 8 heteroatoms. The summed E-state index contributed by atoms with van der Waals surface area (Å²) in [5.41, 5.74) is 5.06. The summed E-state index contributed by atoms with van der Waals surface area (Å²) in [5.74, 6) is -0.753. The first kappa shape index (κ1) is 13.9. The monoisotopic (exact) mass is 301 g/mol. The highest BCUT2D eigenvalue weighted by molar-refractivity contribution is 7.89. The molecular formula is C11H12FN3O2S2. The molecule has 102 valence electrons. The van der Waals surface area contributed by atoms with Crippen molar-refractivity contribution >= 4 is 27.0 Å². The Bertz CT molecular complexity index is 698. The van der Waals surface area contributed by atoms with E-state index in [2.05, 4.69) is 9.71 Å². The summed E-state index contributed by atoms with van der Waals surface area (Å²) in [6.07, 6.45) is 1.59. The molecule has 0 saturated heterocycles. The lowest BCUT2D eigenvalue weighted by atomic mass is 10.3. The van der Waals surface area contributed by atoms with Crippen LogP contribution in [-0.4, -0.2) is 13.4 Å². The van der Waals surface area contributed by atoms with E-state index >= 15 is 0 Å². The maximum atomic E-state index is 13.3. The number of para-hydroxylation sites is 1. The van der Waals surface area contributed by atoms with Crippen molar-refractivity contribution in [2.45, 2.75) is 18.4 Å². The van der Waals surface area contributed by atoms with Crippen LogP contribution in [0.4, 0.5) is 10.1 Å². The number of halogens is 1. The summed E-state index contributed by atoms with van der Waals surface area (Å²) in [7, 11) is -3.84. The van der Waals surface area contributed by atoms with Crippen LogP contribution >= 0.6 is 11.3 Å². The minimum Gasteiger partial charge on any atom is -0.395 e. The van der Waals surface area contributed by atoms with Crippen molar-refractivity contribution in [2.24, 2.45) is 0 Å². The van der Waals surface area contributed by atoms with Crippen LogP contribution in [0.5, 0.6) is 0 Å². The Kier molecular flexibility index (Phi) is 3.83. The molecule has 19 heavy (non-hydrogen) atoms. The molecule has 1 heterocycles. The summed E-state index contributed by atoms with van der Waals surface area (Å²) < 4.78 is 39.6. The van der Waals surface area contributed by atoms with Gasteiger partial charge in [-0.1, -0.05) is 6.07 Å². The molecule has 0 aliphatic rings. The van der Waals surface area contributed by atoms with Gasteiger partial charge in [-0.3, -0.25) is 0 Å². The van der Waals surface area contributed by atoms with Gasteiger partial charge < -0.3 is 5.73 Å². The van der Waals surface area contributed by atoms with Crippen molar-refractivity contribution in [1.29, 1.82) is 0 Å². The summed E-state index contributed by atoms with van der Waals surface area (Å²) in [6.45, 7) is 1.93. The Morgan fingerprint density at radius 1 is 1.47 bits per heavy atom. The van der Waals surface area contributed by atoms with E-state index in [4.69, 9.17) is 5.73 Å². The van der Waals surface area contributed by atoms with Crippen LogP contribution in [0, 0.1) is 12.7 Å². The van der Waals surface area contributed by atoms with E-state index in [0.717, 1.165) is 16.0 Å². The molecule has 0 saturated carbocycles. The molecule has 0 aliphatic heterocycles. The summed E-state index contributed by atoms with van der Waals surface area (Å²) >= 11 is 1.39. The number of thiazole rings is 1. The number of aryl methyl sites for hydroxylation is 1. The molecule has 1 aromatic heterocycles. The molecule has 0 aliphatic carbocycles. The van der Waals surface area contributed by atoms with Crippen LogP contribution in [0.25, 0.3) is 0 Å². The SMILES string of the molecule is Cc1ncc(CNS(=O)(=O)c2cccc(F)c2N)s1. The Hall–Kier alpha value is -1.51. The Morgan fingerprint density at radius 3 is 2.84 bits per heavy atom. The molecule has 5 nitrogen and oxygen atoms in total. The topological polar surface area (TPSA) is 85.1 Å². The second-order valence-electron chi connectivity index (χ2n) is 3.82. The summed E-state index contributed by atoms with van der Waals surface area (Å²) in [6, 6.07) is 3.68. The standard InChI is InChI=1S/C11H12FN3O2S2/c1-7-14-5-8(18-7)6-15-19(16,17)10-4-2-3-9(12)11(10)13/h2-5,15H,6,13H2,1H3. The van der Waals surface area contributed by atoms with Gasteiger partial charge in [-0.15, -0.1) is 11.3 Å². The minimum absolute atomic E-state index is 0.101. The molecule has 0 fully saturated rings. The fraction of sp³-hybridized carbons (Fsp3) is 0.182. The van der Waals surface area contributed by atoms with E-state index in [1.54, 1.807) is 6.20 Å². The zero-order valence-corrected chi connectivity index (χ0v) is 11.7. The maximum absolute atomic E-state index is 13.3. The maximum Gasteiger partial charge on any atom is 0.243 e. The Morgan fingerprint density at radius 2 is 2.21 bits per heavy atom. The predicted molar refractivity (Wildman–Crippen MR) is 71.7 cm³/mol. The molecule has 0 atom stereocenters. The first-order valence-electron chi connectivity index (χ1n) is 5.35. The fourth-order valence-electron chi connectivity index (χ4n) is 1.48. The van der Waals surface area contributed by atoms with Crippen molar-refractivity contribution in [3.05, 3.63) is 40.1 Å². The second-order valence-corrected chi connectivity index (χ2v) is 6.88. The lowest BCUT2D eigenvalue weighted by Gasteiger charge is -2.08. The van der Waals surface area contributed by atoms with Crippen LogP contribution in [0.2, 0.25) is 0 Å². The first-order chi connectivity index (χ1) is 8.90. The average molecular weight is 301 g/mol. The number of benzene rings is 1. The molecule has 0 radical (unpaired) electrons. The third kappa shape index (κ3) is 3.09. The van der Waals surface area contributed by atoms with Gasteiger partial charge in [-0.05, 0) is 19.1 Å². The van der Waals surface area contributed by atoms with Gasteiger partial charge in [0.2, 0.25) is 10.0 Å². The molecular weight excluding hydrogens is 289 g/mol. The number of nitrogens with zero attached hydrogens (tertiary/aromatic N) is 1. The van der Waals surface area contributed by atoms with Crippen LogP contribution < -0.4 is 10.5 Å². The zero-order chi connectivity index (χ0) is 14.0. The van der Waals surface area contributed by atoms with Gasteiger partial charge in [0.15, 0.2) is 0 Å². The van der Waals surface area contributed by atoms with Crippen molar-refractivity contribution in [3.8, 4) is 0 Å². The number of nitrogen functional groups attached to an aromatic ring is 1. The number of hydrogen-bond acceptors (Lipinski definition) is 5. The van der Waals surface area contributed by atoms with Gasteiger partial charge in [0, 0.05) is 17.6 Å². The van der Waals surface area contributed by atoms with Crippen molar-refractivity contribution < 1.29 is 12.8 Å². The van der Waals surface area contributed by atoms with Crippen LogP contribution in [0.15, 0.2) is 29.3 Å². The highest BCUT2D eigenvalue weighted by Gasteiger charge is 2.19. The summed E-state index contributed by atoms with van der Waals surface area (Å²) in [4.78, 5) is 4.54. The van der Waals surface area contributed by atoms with E-state index in [1.807, 2.05) is 6.92 Å². The number of nitrogens with two attached hydrogens (primary N) is 1. The van der Waals surface area contributed by atoms with E-state index in [-0.39, 0.29) is 17.1 Å². The average Bonchev–Trinajstić information content (AvgIpc) is 2.76. The fourth-order valence-corrected chi connectivity index (χ4v) is 3.45. The van der Waals surface area contributed by atoms with Gasteiger partial charge in [0.1, 0.15) is 10.7 Å². The van der Waals surface area contributed by atoms with Crippen molar-refractivity contribution in [3.63, 3.8) is 0 Å². The predicted octanol–water partition coefficient (Wildman–Crippen LogP) is 1.65.